The molecule has 0 aliphatic carbocycles. The van der Waals surface area contributed by atoms with E-state index in [4.69, 9.17) is 0 Å². The monoisotopic (exact) mass is 346 g/mol. The Morgan fingerprint density at radius 1 is 1.00 bits per heavy atom. The number of hydrogen-bond donors (Lipinski definition) is 1. The summed E-state index contributed by atoms with van der Waals surface area (Å²) >= 11 is 3.37. The second kappa shape index (κ2) is 5.35. The first-order valence-corrected chi connectivity index (χ1v) is 9.01. The van der Waals surface area contributed by atoms with E-state index in [0.717, 1.165) is 10.0 Å². The fraction of sp³-hybridized carbons (Fsp3) is 0.600. The Bertz CT molecular complexity index is 462. The van der Waals surface area contributed by atoms with E-state index in [0.29, 0.717) is 0 Å². The molecular formula is C15H24BrO2P. The molecule has 0 aliphatic heterocycles. The van der Waals surface area contributed by atoms with Gasteiger partial charge < -0.3 is 9.67 Å². The summed E-state index contributed by atoms with van der Waals surface area (Å²) < 4.78 is 14.5. The molecule has 0 heterocycles. The van der Waals surface area contributed by atoms with Gasteiger partial charge in [-0.1, -0.05) is 69.6 Å². The van der Waals surface area contributed by atoms with Gasteiger partial charge in [0.2, 0.25) is 0 Å². The second-order valence-corrected chi connectivity index (χ2v) is 12.3. The number of halogens is 1. The molecule has 0 aliphatic rings. The van der Waals surface area contributed by atoms with Crippen LogP contribution in [-0.2, 0) is 4.57 Å². The van der Waals surface area contributed by atoms with E-state index in [2.05, 4.69) is 15.9 Å². The van der Waals surface area contributed by atoms with Crippen LogP contribution in [0, 0.1) is 0 Å². The third kappa shape index (κ3) is 3.15. The lowest BCUT2D eigenvalue weighted by atomic mass is 10.2. The summed E-state index contributed by atoms with van der Waals surface area (Å²) in [4.78, 5) is 0. The first-order chi connectivity index (χ1) is 8.41. The fourth-order valence-corrected chi connectivity index (χ4v) is 6.92. The zero-order chi connectivity index (χ0) is 15.1. The SMILES string of the molecule is CC(C)(C)P(=O)(C(O)c1ccc(Br)cc1)C(C)(C)C. The van der Waals surface area contributed by atoms with E-state index >= 15 is 0 Å². The number of benzene rings is 1. The summed E-state index contributed by atoms with van der Waals surface area (Å²) in [6.45, 7) is 11.7. The Hall–Kier alpha value is -0.110. The Labute approximate surface area is 125 Å². The molecule has 0 saturated carbocycles. The van der Waals surface area contributed by atoms with Gasteiger partial charge in [0.05, 0.1) is 0 Å². The minimum Gasteiger partial charge on any atom is -0.381 e. The van der Waals surface area contributed by atoms with Crippen molar-refractivity contribution in [2.45, 2.75) is 57.7 Å². The zero-order valence-corrected chi connectivity index (χ0v) is 15.0. The van der Waals surface area contributed by atoms with Gasteiger partial charge in [0, 0.05) is 14.8 Å². The summed E-state index contributed by atoms with van der Waals surface area (Å²) in [7, 11) is -2.87. The van der Waals surface area contributed by atoms with Gasteiger partial charge in [-0.2, -0.15) is 0 Å². The first-order valence-electron chi connectivity index (χ1n) is 6.45. The van der Waals surface area contributed by atoms with Gasteiger partial charge in [-0.15, -0.1) is 0 Å². The van der Waals surface area contributed by atoms with Crippen LogP contribution in [0.15, 0.2) is 28.7 Å². The summed E-state index contributed by atoms with van der Waals surface area (Å²) in [5, 5.41) is 9.83. The molecule has 2 nitrogen and oxygen atoms in total. The molecule has 0 radical (unpaired) electrons. The van der Waals surface area contributed by atoms with E-state index in [1.165, 1.54) is 0 Å². The number of hydrogen-bond acceptors (Lipinski definition) is 2. The van der Waals surface area contributed by atoms with E-state index in [1.807, 2.05) is 65.8 Å². The zero-order valence-electron chi connectivity index (χ0n) is 12.6. The Kier molecular flexibility index (Phi) is 4.77. The van der Waals surface area contributed by atoms with E-state index in [9.17, 15) is 9.67 Å². The molecule has 1 rings (SSSR count). The van der Waals surface area contributed by atoms with E-state index in [-0.39, 0.29) is 0 Å². The lowest BCUT2D eigenvalue weighted by Crippen LogP contribution is -2.32. The predicted molar refractivity (Wildman–Crippen MR) is 86.2 cm³/mol. The van der Waals surface area contributed by atoms with Gasteiger partial charge in [-0.25, -0.2) is 0 Å². The molecule has 0 bridgehead atoms. The van der Waals surface area contributed by atoms with E-state index in [1.54, 1.807) is 0 Å². The maximum absolute atomic E-state index is 13.6. The van der Waals surface area contributed by atoms with Crippen molar-refractivity contribution in [3.8, 4) is 0 Å². The van der Waals surface area contributed by atoms with Crippen LogP contribution in [0.2, 0.25) is 0 Å². The van der Waals surface area contributed by atoms with Crippen molar-refractivity contribution in [1.29, 1.82) is 0 Å². The van der Waals surface area contributed by atoms with Gasteiger partial charge in [-0.3, -0.25) is 0 Å². The molecule has 1 N–H and O–H groups in total. The highest BCUT2D eigenvalue weighted by Gasteiger charge is 2.51. The van der Waals surface area contributed by atoms with Crippen molar-refractivity contribution in [3.05, 3.63) is 34.3 Å². The van der Waals surface area contributed by atoms with Gasteiger partial charge in [0.1, 0.15) is 13.0 Å². The van der Waals surface area contributed by atoms with Crippen LogP contribution >= 0.6 is 23.1 Å². The second-order valence-electron chi connectivity index (χ2n) is 6.92. The average molecular weight is 347 g/mol. The molecule has 0 spiro atoms. The standard InChI is InChI=1S/C15H24BrO2P/c1-14(2,3)19(18,15(4,5)6)13(17)11-7-9-12(16)10-8-11/h7-10,13,17H,1-6H3. The van der Waals surface area contributed by atoms with Crippen molar-refractivity contribution >= 4 is 23.1 Å². The summed E-state index contributed by atoms with van der Waals surface area (Å²) in [5.41, 5.74) is 0.719. The molecule has 0 amide bonds. The summed E-state index contributed by atoms with van der Waals surface area (Å²) in [5.74, 6) is -0.930. The fourth-order valence-electron chi connectivity index (χ4n) is 2.58. The van der Waals surface area contributed by atoms with Crippen molar-refractivity contribution in [2.24, 2.45) is 0 Å². The normalized spacial score (nSPS) is 15.4. The Balaban J connectivity index is 3.36. The van der Waals surface area contributed by atoms with E-state index < -0.39 is 23.3 Å². The van der Waals surface area contributed by atoms with Gasteiger partial charge in [-0.05, 0) is 17.7 Å². The van der Waals surface area contributed by atoms with Crippen LogP contribution in [-0.4, -0.2) is 15.4 Å². The van der Waals surface area contributed by atoms with Gasteiger partial charge in [0.15, 0.2) is 0 Å². The highest BCUT2D eigenvalue weighted by atomic mass is 79.9. The third-order valence-corrected chi connectivity index (χ3v) is 9.01. The molecule has 19 heavy (non-hydrogen) atoms. The smallest absolute Gasteiger partial charge is 0.133 e. The van der Waals surface area contributed by atoms with Crippen molar-refractivity contribution < 1.29 is 9.67 Å². The predicted octanol–water partition coefficient (Wildman–Crippen LogP) is 5.40. The Morgan fingerprint density at radius 3 is 1.68 bits per heavy atom. The molecular weight excluding hydrogens is 323 g/mol. The highest BCUT2D eigenvalue weighted by molar-refractivity contribution is 9.10. The molecule has 4 heteroatoms. The lowest BCUT2D eigenvalue weighted by Gasteiger charge is -2.44. The van der Waals surface area contributed by atoms with Crippen LogP contribution < -0.4 is 0 Å². The maximum Gasteiger partial charge on any atom is 0.133 e. The van der Waals surface area contributed by atoms with Crippen LogP contribution in [0.1, 0.15) is 53.0 Å². The highest BCUT2D eigenvalue weighted by Crippen LogP contribution is 2.74. The minimum atomic E-state index is -2.87. The van der Waals surface area contributed by atoms with Gasteiger partial charge >= 0.3 is 0 Å². The van der Waals surface area contributed by atoms with Gasteiger partial charge in [0.25, 0.3) is 0 Å². The summed E-state index contributed by atoms with van der Waals surface area (Å²) in [6, 6.07) is 7.40. The largest absolute Gasteiger partial charge is 0.381 e. The molecule has 108 valence electrons. The summed E-state index contributed by atoms with van der Waals surface area (Å²) in [6.07, 6.45) is 0. The topological polar surface area (TPSA) is 37.3 Å². The molecule has 1 aromatic rings. The quantitative estimate of drug-likeness (QED) is 0.728. The number of aliphatic hydroxyl groups excluding tert-OH is 1. The van der Waals surface area contributed by atoms with Crippen LogP contribution in [0.25, 0.3) is 0 Å². The average Bonchev–Trinajstić information content (AvgIpc) is 2.25. The first kappa shape index (κ1) is 16.9. The van der Waals surface area contributed by atoms with Crippen LogP contribution in [0.4, 0.5) is 0 Å². The maximum atomic E-state index is 13.6. The number of aliphatic hydroxyl groups is 1. The van der Waals surface area contributed by atoms with Crippen molar-refractivity contribution in [2.75, 3.05) is 0 Å². The lowest BCUT2D eigenvalue weighted by molar-refractivity contribution is 0.243. The molecule has 0 saturated heterocycles. The molecule has 1 aromatic carbocycles. The molecule has 0 aromatic heterocycles. The number of rotatable bonds is 2. The molecule has 1 atom stereocenters. The third-order valence-electron chi connectivity index (χ3n) is 3.51. The molecule has 0 fully saturated rings. The minimum absolute atomic E-state index is 0.447. The van der Waals surface area contributed by atoms with Crippen LogP contribution in [0.5, 0.6) is 0 Å². The molecule has 1 unspecified atom stereocenters. The Morgan fingerprint density at radius 2 is 1.37 bits per heavy atom. The van der Waals surface area contributed by atoms with Crippen molar-refractivity contribution in [1.82, 2.24) is 0 Å². The van der Waals surface area contributed by atoms with Crippen LogP contribution in [0.3, 0.4) is 0 Å². The van der Waals surface area contributed by atoms with Crippen molar-refractivity contribution in [3.63, 3.8) is 0 Å².